The summed E-state index contributed by atoms with van der Waals surface area (Å²) in [5.74, 6) is 0.960. The number of nitrogens with one attached hydrogen (secondary N) is 1. The number of aliphatic hydroxyl groups is 1. The second-order valence-electron chi connectivity index (χ2n) is 6.79. The van der Waals surface area contributed by atoms with E-state index in [-0.39, 0.29) is 12.1 Å². The molecule has 1 saturated heterocycles. The summed E-state index contributed by atoms with van der Waals surface area (Å²) < 4.78 is 0. The minimum absolute atomic E-state index is 0.101. The molecule has 1 heterocycles. The standard InChI is InChI=1S/C16H32N2O/c1-3-17-16(2,13-19)10-12-18-11-6-8-14-7-4-5-9-15(14)18/h14-15,17,19H,3-13H2,1-2H3. The smallest absolute Gasteiger partial charge is 0.0611 e. The average molecular weight is 268 g/mol. The van der Waals surface area contributed by atoms with Crippen LogP contribution < -0.4 is 5.32 Å². The van der Waals surface area contributed by atoms with Crippen LogP contribution in [-0.4, -0.2) is 47.8 Å². The molecule has 1 saturated carbocycles. The number of likely N-dealkylation sites (tertiary alicyclic amines) is 1. The number of fused-ring (bicyclic) bond motifs is 1. The second kappa shape index (κ2) is 7.05. The van der Waals surface area contributed by atoms with Crippen LogP contribution in [0.5, 0.6) is 0 Å². The van der Waals surface area contributed by atoms with Gasteiger partial charge in [0, 0.05) is 18.1 Å². The Morgan fingerprint density at radius 1 is 1.21 bits per heavy atom. The molecule has 0 amide bonds. The number of hydrogen-bond acceptors (Lipinski definition) is 3. The summed E-state index contributed by atoms with van der Waals surface area (Å²) in [6, 6.07) is 0.840. The van der Waals surface area contributed by atoms with Crippen LogP contribution in [0.3, 0.4) is 0 Å². The van der Waals surface area contributed by atoms with Crippen molar-refractivity contribution in [3.05, 3.63) is 0 Å². The molecule has 3 nitrogen and oxygen atoms in total. The Kier molecular flexibility index (Phi) is 5.67. The van der Waals surface area contributed by atoms with Crippen LogP contribution >= 0.6 is 0 Å². The number of aliphatic hydroxyl groups excluding tert-OH is 1. The average Bonchev–Trinajstić information content (AvgIpc) is 2.45. The van der Waals surface area contributed by atoms with E-state index in [0.717, 1.165) is 31.5 Å². The van der Waals surface area contributed by atoms with E-state index in [1.54, 1.807) is 0 Å². The van der Waals surface area contributed by atoms with Gasteiger partial charge in [0.05, 0.1) is 6.61 Å². The third kappa shape index (κ3) is 3.93. The Balaban J connectivity index is 1.86. The van der Waals surface area contributed by atoms with Gasteiger partial charge in [-0.25, -0.2) is 0 Å². The van der Waals surface area contributed by atoms with Crippen LogP contribution in [0.1, 0.15) is 58.8 Å². The molecule has 0 aromatic carbocycles. The van der Waals surface area contributed by atoms with Crippen molar-refractivity contribution >= 4 is 0 Å². The fourth-order valence-electron chi connectivity index (χ4n) is 4.05. The highest BCUT2D eigenvalue weighted by Gasteiger charge is 2.34. The molecule has 1 aliphatic carbocycles. The molecule has 0 aromatic heterocycles. The molecule has 0 bridgehead atoms. The molecule has 112 valence electrons. The maximum Gasteiger partial charge on any atom is 0.0611 e. The van der Waals surface area contributed by atoms with E-state index in [4.69, 9.17) is 0 Å². The van der Waals surface area contributed by atoms with Gasteiger partial charge in [-0.15, -0.1) is 0 Å². The Hall–Kier alpha value is -0.120. The zero-order valence-corrected chi connectivity index (χ0v) is 12.8. The van der Waals surface area contributed by atoms with E-state index in [2.05, 4.69) is 24.1 Å². The molecule has 3 atom stereocenters. The van der Waals surface area contributed by atoms with Crippen LogP contribution in [0.15, 0.2) is 0 Å². The molecular formula is C16H32N2O. The number of likely N-dealkylation sites (N-methyl/N-ethyl adjacent to an activating group) is 1. The fraction of sp³-hybridized carbons (Fsp3) is 1.00. The van der Waals surface area contributed by atoms with Gasteiger partial charge in [-0.05, 0) is 58.0 Å². The lowest BCUT2D eigenvalue weighted by Gasteiger charge is -2.45. The first-order valence-electron chi connectivity index (χ1n) is 8.28. The predicted molar refractivity (Wildman–Crippen MR) is 80.3 cm³/mol. The number of piperidine rings is 1. The van der Waals surface area contributed by atoms with Gasteiger partial charge in [0.2, 0.25) is 0 Å². The summed E-state index contributed by atoms with van der Waals surface area (Å²) in [5.41, 5.74) is -0.101. The quantitative estimate of drug-likeness (QED) is 0.776. The van der Waals surface area contributed by atoms with Crippen LogP contribution in [0, 0.1) is 5.92 Å². The Morgan fingerprint density at radius 3 is 2.68 bits per heavy atom. The van der Waals surface area contributed by atoms with Crippen LogP contribution in [0.25, 0.3) is 0 Å². The molecular weight excluding hydrogens is 236 g/mol. The Labute approximate surface area is 118 Å². The highest BCUT2D eigenvalue weighted by Crippen LogP contribution is 2.35. The van der Waals surface area contributed by atoms with Crippen molar-refractivity contribution in [2.24, 2.45) is 5.92 Å². The molecule has 0 radical (unpaired) electrons. The van der Waals surface area contributed by atoms with Crippen molar-refractivity contribution in [1.29, 1.82) is 0 Å². The van der Waals surface area contributed by atoms with Gasteiger partial charge in [0.15, 0.2) is 0 Å². The molecule has 3 heteroatoms. The van der Waals surface area contributed by atoms with Crippen molar-refractivity contribution in [2.75, 3.05) is 26.2 Å². The fourth-order valence-corrected chi connectivity index (χ4v) is 4.05. The zero-order chi connectivity index (χ0) is 13.7. The largest absolute Gasteiger partial charge is 0.394 e. The lowest BCUT2D eigenvalue weighted by Crippen LogP contribution is -2.52. The summed E-state index contributed by atoms with van der Waals surface area (Å²) in [5, 5.41) is 13.0. The highest BCUT2D eigenvalue weighted by molar-refractivity contribution is 4.90. The van der Waals surface area contributed by atoms with Crippen molar-refractivity contribution in [3.63, 3.8) is 0 Å². The van der Waals surface area contributed by atoms with Crippen molar-refractivity contribution in [3.8, 4) is 0 Å². The highest BCUT2D eigenvalue weighted by atomic mass is 16.3. The number of nitrogens with zero attached hydrogens (tertiary/aromatic N) is 1. The number of hydrogen-bond donors (Lipinski definition) is 2. The summed E-state index contributed by atoms with van der Waals surface area (Å²) in [6.07, 6.45) is 9.60. The van der Waals surface area contributed by atoms with E-state index in [1.807, 2.05) is 0 Å². The van der Waals surface area contributed by atoms with Gasteiger partial charge in [-0.1, -0.05) is 19.8 Å². The van der Waals surface area contributed by atoms with Crippen molar-refractivity contribution < 1.29 is 5.11 Å². The maximum absolute atomic E-state index is 9.60. The SMILES string of the molecule is CCNC(C)(CO)CCN1CCCC2CCCCC21. The Bertz CT molecular complexity index is 269. The third-order valence-electron chi connectivity index (χ3n) is 5.26. The van der Waals surface area contributed by atoms with E-state index in [0.29, 0.717) is 0 Å². The summed E-state index contributed by atoms with van der Waals surface area (Å²) in [4.78, 5) is 2.72. The van der Waals surface area contributed by atoms with E-state index < -0.39 is 0 Å². The summed E-state index contributed by atoms with van der Waals surface area (Å²) in [6.45, 7) is 7.86. The van der Waals surface area contributed by atoms with E-state index in [9.17, 15) is 5.11 Å². The summed E-state index contributed by atoms with van der Waals surface area (Å²) >= 11 is 0. The van der Waals surface area contributed by atoms with Gasteiger partial charge in [0.1, 0.15) is 0 Å². The molecule has 2 aliphatic rings. The first-order valence-corrected chi connectivity index (χ1v) is 8.28. The zero-order valence-electron chi connectivity index (χ0n) is 12.8. The molecule has 3 unspecified atom stereocenters. The Morgan fingerprint density at radius 2 is 1.95 bits per heavy atom. The van der Waals surface area contributed by atoms with Gasteiger partial charge in [-0.3, -0.25) is 0 Å². The lowest BCUT2D eigenvalue weighted by molar-refractivity contribution is 0.0478. The monoisotopic (exact) mass is 268 g/mol. The normalized spacial score (nSPS) is 31.7. The molecule has 0 spiro atoms. The third-order valence-corrected chi connectivity index (χ3v) is 5.26. The lowest BCUT2D eigenvalue weighted by atomic mass is 9.78. The van der Waals surface area contributed by atoms with Gasteiger partial charge in [0.25, 0.3) is 0 Å². The molecule has 2 rings (SSSR count). The van der Waals surface area contributed by atoms with Gasteiger partial charge in [-0.2, -0.15) is 0 Å². The van der Waals surface area contributed by atoms with Gasteiger partial charge < -0.3 is 15.3 Å². The minimum Gasteiger partial charge on any atom is -0.394 e. The second-order valence-corrected chi connectivity index (χ2v) is 6.79. The van der Waals surface area contributed by atoms with Crippen LogP contribution in [-0.2, 0) is 0 Å². The first kappa shape index (κ1) is 15.3. The molecule has 1 aliphatic heterocycles. The molecule has 2 fully saturated rings. The van der Waals surface area contributed by atoms with Crippen LogP contribution in [0.2, 0.25) is 0 Å². The van der Waals surface area contributed by atoms with Crippen molar-refractivity contribution in [1.82, 2.24) is 10.2 Å². The van der Waals surface area contributed by atoms with E-state index in [1.165, 1.54) is 45.1 Å². The van der Waals surface area contributed by atoms with E-state index >= 15 is 0 Å². The predicted octanol–water partition coefficient (Wildman–Crippen LogP) is 2.39. The topological polar surface area (TPSA) is 35.5 Å². The molecule has 2 N–H and O–H groups in total. The summed E-state index contributed by atoms with van der Waals surface area (Å²) in [7, 11) is 0. The molecule has 0 aromatic rings. The van der Waals surface area contributed by atoms with Gasteiger partial charge >= 0.3 is 0 Å². The first-order chi connectivity index (χ1) is 9.18. The maximum atomic E-state index is 9.60. The van der Waals surface area contributed by atoms with Crippen LogP contribution in [0.4, 0.5) is 0 Å². The minimum atomic E-state index is -0.101. The molecule has 19 heavy (non-hydrogen) atoms. The number of rotatable bonds is 6. The van der Waals surface area contributed by atoms with Crippen molar-refractivity contribution in [2.45, 2.75) is 70.4 Å².